The highest BCUT2D eigenvalue weighted by atomic mass is 19.1. The fourth-order valence-corrected chi connectivity index (χ4v) is 4.76. The van der Waals surface area contributed by atoms with Crippen molar-refractivity contribution in [1.29, 1.82) is 0 Å². The van der Waals surface area contributed by atoms with Crippen LogP contribution in [0.25, 0.3) is 22.0 Å². The molecular formula is C27H29FN6O2. The predicted octanol–water partition coefficient (Wildman–Crippen LogP) is 4.37. The van der Waals surface area contributed by atoms with E-state index in [0.717, 1.165) is 19.4 Å². The molecule has 36 heavy (non-hydrogen) atoms. The Bertz CT molecular complexity index is 1520. The molecule has 1 aliphatic rings. The number of carbonyl (C=O) groups is 1. The Labute approximate surface area is 213 Å². The molecule has 1 amide bonds. The maximum Gasteiger partial charge on any atom is 0.262 e. The van der Waals surface area contributed by atoms with Gasteiger partial charge in [0.05, 0.1) is 29.0 Å². The Morgan fingerprint density at radius 3 is 2.94 bits per heavy atom. The van der Waals surface area contributed by atoms with E-state index in [1.807, 2.05) is 6.92 Å². The van der Waals surface area contributed by atoms with Gasteiger partial charge in [0.1, 0.15) is 23.1 Å². The molecule has 0 radical (unpaired) electrons. The summed E-state index contributed by atoms with van der Waals surface area (Å²) in [5, 5.41) is 12.8. The number of anilines is 1. The second-order valence-corrected chi connectivity index (χ2v) is 8.90. The molecule has 8 nitrogen and oxygen atoms in total. The molecule has 1 N–H and O–H groups in total. The number of rotatable bonds is 6. The summed E-state index contributed by atoms with van der Waals surface area (Å²) in [6, 6.07) is 9.14. The second-order valence-electron chi connectivity index (χ2n) is 8.90. The molecule has 5 rings (SSSR count). The van der Waals surface area contributed by atoms with Crippen LogP contribution in [0.1, 0.15) is 39.8 Å². The van der Waals surface area contributed by atoms with Gasteiger partial charge in [0.15, 0.2) is 0 Å². The van der Waals surface area contributed by atoms with Gasteiger partial charge in [-0.2, -0.15) is 0 Å². The van der Waals surface area contributed by atoms with E-state index in [4.69, 9.17) is 8.85 Å². The Morgan fingerprint density at radius 2 is 2.22 bits per heavy atom. The van der Waals surface area contributed by atoms with Crippen molar-refractivity contribution in [3.63, 3.8) is 0 Å². The molecule has 9 heteroatoms. The lowest BCUT2D eigenvalue weighted by Gasteiger charge is -2.35. The first-order chi connectivity index (χ1) is 18.6. The number of piperidine rings is 1. The van der Waals surface area contributed by atoms with Crippen molar-refractivity contribution < 1.29 is 18.0 Å². The number of fused-ring (bicyclic) bond motifs is 1. The van der Waals surface area contributed by atoms with E-state index in [9.17, 15) is 4.79 Å². The number of aryl methyl sites for hydroxylation is 2. The van der Waals surface area contributed by atoms with Crippen LogP contribution >= 0.6 is 0 Å². The summed E-state index contributed by atoms with van der Waals surface area (Å²) < 4.78 is 44.6. The largest absolute Gasteiger partial charge is 0.497 e. The van der Waals surface area contributed by atoms with E-state index in [-0.39, 0.29) is 17.4 Å². The molecule has 0 saturated carbocycles. The summed E-state index contributed by atoms with van der Waals surface area (Å²) in [5.74, 6) is -0.593. The molecule has 0 spiro atoms. The Hall–Kier alpha value is -3.85. The van der Waals surface area contributed by atoms with Crippen molar-refractivity contribution in [3.05, 3.63) is 65.7 Å². The first-order valence-corrected chi connectivity index (χ1v) is 12.0. The van der Waals surface area contributed by atoms with Gasteiger partial charge in [0.25, 0.3) is 5.91 Å². The van der Waals surface area contributed by atoms with Crippen LogP contribution in [0.2, 0.25) is 0 Å². The number of halogens is 1. The van der Waals surface area contributed by atoms with Crippen LogP contribution in [0, 0.1) is 12.7 Å². The minimum atomic E-state index is -2.60. The average molecular weight is 492 g/mol. The van der Waals surface area contributed by atoms with E-state index < -0.39 is 18.8 Å². The molecule has 0 unspecified atom stereocenters. The fraction of sp³-hybridized carbons (Fsp3) is 0.333. The highest BCUT2D eigenvalue weighted by molar-refractivity contribution is 6.11. The number of carbonyl (C=O) groups excluding carboxylic acids is 1. The minimum absolute atomic E-state index is 0.0778. The van der Waals surface area contributed by atoms with E-state index in [1.165, 1.54) is 12.1 Å². The Morgan fingerprint density at radius 1 is 1.33 bits per heavy atom. The number of hydrogen-bond acceptors (Lipinski definition) is 6. The van der Waals surface area contributed by atoms with Gasteiger partial charge in [-0.05, 0) is 74.5 Å². The summed E-state index contributed by atoms with van der Waals surface area (Å²) in [6.07, 6.45) is 4.85. The summed E-state index contributed by atoms with van der Waals surface area (Å²) in [5.41, 5.74) is 1.65. The van der Waals surface area contributed by atoms with Crippen molar-refractivity contribution in [3.8, 4) is 17.0 Å². The SMILES string of the molecule is [2H]C([2H])([2H])Oc1cc(C)c2c(N(C(=O)c3ccc(-c4cn(CC)nn4)cc3F)[C@@H]3CCCNC3)nccc2c1. The summed E-state index contributed by atoms with van der Waals surface area (Å²) >= 11 is 0. The third-order valence-electron chi connectivity index (χ3n) is 6.57. The fourth-order valence-electron chi connectivity index (χ4n) is 4.76. The minimum Gasteiger partial charge on any atom is -0.497 e. The first-order valence-electron chi connectivity index (χ1n) is 13.5. The van der Waals surface area contributed by atoms with Gasteiger partial charge >= 0.3 is 0 Å². The topological polar surface area (TPSA) is 85.2 Å². The third kappa shape index (κ3) is 4.42. The molecule has 2 aromatic heterocycles. The van der Waals surface area contributed by atoms with Crippen molar-refractivity contribution in [2.24, 2.45) is 0 Å². The Balaban J connectivity index is 1.58. The van der Waals surface area contributed by atoms with Crippen molar-refractivity contribution in [1.82, 2.24) is 25.3 Å². The molecule has 1 fully saturated rings. The van der Waals surface area contributed by atoms with Crippen molar-refractivity contribution in [2.45, 2.75) is 39.3 Å². The van der Waals surface area contributed by atoms with Crippen LogP contribution in [0.4, 0.5) is 10.2 Å². The Kier molecular flexibility index (Phi) is 5.67. The molecule has 3 heterocycles. The number of aromatic nitrogens is 4. The van der Waals surface area contributed by atoms with Crippen LogP contribution in [0.3, 0.4) is 0 Å². The molecular weight excluding hydrogens is 459 g/mol. The van der Waals surface area contributed by atoms with Gasteiger partial charge < -0.3 is 10.1 Å². The molecule has 0 aliphatic carbocycles. The number of ether oxygens (including phenoxy) is 1. The average Bonchev–Trinajstić information content (AvgIpc) is 3.38. The van der Waals surface area contributed by atoms with Gasteiger partial charge in [0, 0.05) is 30.2 Å². The first kappa shape index (κ1) is 20.4. The summed E-state index contributed by atoms with van der Waals surface area (Å²) in [4.78, 5) is 20.2. The number of hydrogen-bond donors (Lipinski definition) is 1. The van der Waals surface area contributed by atoms with Crippen LogP contribution in [0.15, 0.2) is 48.8 Å². The van der Waals surface area contributed by atoms with Crippen LogP contribution < -0.4 is 15.0 Å². The van der Waals surface area contributed by atoms with Gasteiger partial charge in [-0.3, -0.25) is 14.4 Å². The molecule has 186 valence electrons. The lowest BCUT2D eigenvalue weighted by atomic mass is 10.0. The van der Waals surface area contributed by atoms with Crippen LogP contribution in [-0.2, 0) is 6.54 Å². The number of methoxy groups -OCH3 is 1. The second kappa shape index (κ2) is 10.0. The monoisotopic (exact) mass is 491 g/mol. The van der Waals surface area contributed by atoms with Crippen molar-refractivity contribution in [2.75, 3.05) is 25.0 Å². The maximum absolute atomic E-state index is 15.5. The smallest absolute Gasteiger partial charge is 0.262 e. The predicted molar refractivity (Wildman–Crippen MR) is 137 cm³/mol. The van der Waals surface area contributed by atoms with E-state index in [2.05, 4.69) is 20.6 Å². The third-order valence-corrected chi connectivity index (χ3v) is 6.57. The zero-order valence-corrected chi connectivity index (χ0v) is 20.2. The molecule has 0 bridgehead atoms. The van der Waals surface area contributed by atoms with Crippen LogP contribution in [-0.4, -0.2) is 52.1 Å². The summed E-state index contributed by atoms with van der Waals surface area (Å²) in [6.45, 7) is 5.73. The normalized spacial score (nSPS) is 17.3. The summed E-state index contributed by atoms with van der Waals surface area (Å²) in [7, 11) is -2.60. The number of nitrogens with one attached hydrogen (secondary N) is 1. The quantitative estimate of drug-likeness (QED) is 0.431. The lowest BCUT2D eigenvalue weighted by molar-refractivity contribution is 0.0968. The van der Waals surface area contributed by atoms with Crippen LogP contribution in [0.5, 0.6) is 5.75 Å². The molecule has 2 aromatic carbocycles. The molecule has 1 atom stereocenters. The zero-order chi connectivity index (χ0) is 27.7. The van der Waals surface area contributed by atoms with E-state index >= 15 is 4.39 Å². The molecule has 1 aliphatic heterocycles. The number of amides is 1. The standard InChI is InChI=1S/C27H29FN6O2/c1-4-33-16-24(31-32-33)18-7-8-22(23(28)14-18)27(35)34(20-6-5-10-29-15-20)26-25-17(2)12-21(36-3)13-19(25)9-11-30-26/h7-9,11-14,16,20,29H,4-6,10,15H2,1-3H3/t20-/m1/s1/i3D3. The highest BCUT2D eigenvalue weighted by Crippen LogP contribution is 2.34. The molecule has 4 aromatic rings. The lowest BCUT2D eigenvalue weighted by Crippen LogP contribution is -2.49. The highest BCUT2D eigenvalue weighted by Gasteiger charge is 2.32. The van der Waals surface area contributed by atoms with Gasteiger partial charge in [-0.25, -0.2) is 9.37 Å². The van der Waals surface area contributed by atoms with E-state index in [1.54, 1.807) is 53.2 Å². The number of pyridine rings is 1. The number of nitrogens with zero attached hydrogens (tertiary/aromatic N) is 5. The zero-order valence-electron chi connectivity index (χ0n) is 23.2. The number of benzene rings is 2. The van der Waals surface area contributed by atoms with Gasteiger partial charge in [0.2, 0.25) is 0 Å². The van der Waals surface area contributed by atoms with Gasteiger partial charge in [-0.1, -0.05) is 11.3 Å². The van der Waals surface area contributed by atoms with Crippen molar-refractivity contribution >= 4 is 22.5 Å². The molecule has 1 saturated heterocycles. The van der Waals surface area contributed by atoms with Gasteiger partial charge in [-0.15, -0.1) is 5.10 Å². The van der Waals surface area contributed by atoms with E-state index in [0.29, 0.717) is 46.5 Å². The maximum atomic E-state index is 15.5.